The highest BCUT2D eigenvalue weighted by Gasteiger charge is 2.36. The summed E-state index contributed by atoms with van der Waals surface area (Å²) in [5.74, 6) is -0.371. The predicted molar refractivity (Wildman–Crippen MR) is 153 cm³/mol. The number of fused-ring (bicyclic) bond motifs is 1. The van der Waals surface area contributed by atoms with Gasteiger partial charge in [0.1, 0.15) is 5.82 Å². The number of nitrogens with zero attached hydrogens (tertiary/aromatic N) is 4. The first-order valence-corrected chi connectivity index (χ1v) is 14.0. The van der Waals surface area contributed by atoms with Gasteiger partial charge >= 0.3 is 0 Å². The fourth-order valence-electron chi connectivity index (χ4n) is 5.68. The van der Waals surface area contributed by atoms with Crippen molar-refractivity contribution in [2.45, 2.75) is 44.6 Å². The molecule has 1 aliphatic carbocycles. The number of rotatable bonds is 4. The van der Waals surface area contributed by atoms with Crippen molar-refractivity contribution >= 4 is 40.8 Å². The maximum Gasteiger partial charge on any atom is 0.275 e. The standard InChI is InChI=1S/C31H27Cl2FN4O/c32-22-12-15-27(25(33)19-22)38-30-21(18-20-10-13-23(34)14-11-20)6-1-2-7-24(30)29(36-38)31(39)37-17-5-9-28(37)26-8-3-4-16-35-26/h3-4,8,10-16,18-19,28H,1-2,5-7,9,17H2/b21-18+. The van der Waals surface area contributed by atoms with Crippen molar-refractivity contribution < 1.29 is 9.18 Å². The van der Waals surface area contributed by atoms with Crippen LogP contribution < -0.4 is 0 Å². The van der Waals surface area contributed by atoms with Crippen molar-refractivity contribution in [1.82, 2.24) is 19.7 Å². The molecule has 0 radical (unpaired) electrons. The minimum Gasteiger partial charge on any atom is -0.329 e. The molecule has 1 fully saturated rings. The van der Waals surface area contributed by atoms with Crippen LogP contribution in [0.4, 0.5) is 4.39 Å². The van der Waals surface area contributed by atoms with E-state index in [9.17, 15) is 9.18 Å². The zero-order valence-electron chi connectivity index (χ0n) is 21.3. The first kappa shape index (κ1) is 25.8. The maximum atomic E-state index is 14.2. The SMILES string of the molecule is O=C(c1nn(-c2ccc(Cl)cc2Cl)c2c1CCCC/C2=C\c1ccc(F)cc1)N1CCCC1c1ccccn1. The Balaban J connectivity index is 1.51. The molecule has 2 aromatic heterocycles. The number of aromatic nitrogens is 3. The molecule has 0 N–H and O–H groups in total. The topological polar surface area (TPSA) is 51.0 Å². The molecule has 0 bridgehead atoms. The number of likely N-dealkylation sites (tertiary alicyclic amines) is 1. The summed E-state index contributed by atoms with van der Waals surface area (Å²) in [5.41, 5.74) is 5.72. The molecule has 1 saturated heterocycles. The van der Waals surface area contributed by atoms with Gasteiger partial charge in [0, 0.05) is 23.3 Å². The summed E-state index contributed by atoms with van der Waals surface area (Å²) in [7, 11) is 0. The second kappa shape index (κ2) is 10.9. The summed E-state index contributed by atoms with van der Waals surface area (Å²) in [6, 6.07) is 17.5. The van der Waals surface area contributed by atoms with Crippen LogP contribution in [0.2, 0.25) is 10.0 Å². The summed E-state index contributed by atoms with van der Waals surface area (Å²) >= 11 is 12.9. The highest BCUT2D eigenvalue weighted by Crippen LogP contribution is 2.39. The first-order chi connectivity index (χ1) is 19.0. The van der Waals surface area contributed by atoms with E-state index >= 15 is 0 Å². The number of benzene rings is 2. The Morgan fingerprint density at radius 3 is 2.59 bits per heavy atom. The Labute approximate surface area is 236 Å². The maximum absolute atomic E-state index is 14.2. The third-order valence-electron chi connectivity index (χ3n) is 7.50. The van der Waals surface area contributed by atoms with Crippen molar-refractivity contribution in [3.63, 3.8) is 0 Å². The Morgan fingerprint density at radius 2 is 1.82 bits per heavy atom. The lowest BCUT2D eigenvalue weighted by Crippen LogP contribution is -2.32. The Kier molecular flexibility index (Phi) is 7.24. The number of carbonyl (C=O) groups is 1. The molecule has 8 heteroatoms. The van der Waals surface area contributed by atoms with Crippen LogP contribution in [0.5, 0.6) is 0 Å². The smallest absolute Gasteiger partial charge is 0.275 e. The molecule has 0 spiro atoms. The largest absolute Gasteiger partial charge is 0.329 e. The Morgan fingerprint density at radius 1 is 1.00 bits per heavy atom. The van der Waals surface area contributed by atoms with E-state index in [2.05, 4.69) is 11.1 Å². The molecule has 1 amide bonds. The molecule has 1 atom stereocenters. The number of hydrogen-bond acceptors (Lipinski definition) is 3. The van der Waals surface area contributed by atoms with Gasteiger partial charge in [0.25, 0.3) is 5.91 Å². The number of halogens is 3. The first-order valence-electron chi connectivity index (χ1n) is 13.3. The average molecular weight is 561 g/mol. The van der Waals surface area contributed by atoms with E-state index < -0.39 is 0 Å². The highest BCUT2D eigenvalue weighted by molar-refractivity contribution is 6.35. The molecular weight excluding hydrogens is 534 g/mol. The van der Waals surface area contributed by atoms with Gasteiger partial charge in [-0.3, -0.25) is 9.78 Å². The van der Waals surface area contributed by atoms with Gasteiger partial charge in [0.05, 0.1) is 28.1 Å². The van der Waals surface area contributed by atoms with E-state index in [1.165, 1.54) is 12.1 Å². The lowest BCUT2D eigenvalue weighted by atomic mass is 10.0. The molecule has 5 nitrogen and oxygen atoms in total. The van der Waals surface area contributed by atoms with Gasteiger partial charge < -0.3 is 4.90 Å². The van der Waals surface area contributed by atoms with E-state index in [1.807, 2.05) is 29.2 Å². The minimum atomic E-state index is -0.280. The number of hydrogen-bond donors (Lipinski definition) is 0. The summed E-state index contributed by atoms with van der Waals surface area (Å²) < 4.78 is 15.4. The van der Waals surface area contributed by atoms with Crippen molar-refractivity contribution in [3.8, 4) is 5.69 Å². The fourth-order valence-corrected chi connectivity index (χ4v) is 6.17. The second-order valence-corrected chi connectivity index (χ2v) is 10.9. The number of pyridine rings is 1. The van der Waals surface area contributed by atoms with Crippen LogP contribution in [0.25, 0.3) is 17.3 Å². The predicted octanol–water partition coefficient (Wildman–Crippen LogP) is 7.96. The van der Waals surface area contributed by atoms with Crippen LogP contribution in [0.3, 0.4) is 0 Å². The van der Waals surface area contributed by atoms with Gasteiger partial charge in [0.2, 0.25) is 0 Å². The highest BCUT2D eigenvalue weighted by atomic mass is 35.5. The van der Waals surface area contributed by atoms with Gasteiger partial charge in [0.15, 0.2) is 5.69 Å². The molecule has 0 saturated carbocycles. The van der Waals surface area contributed by atoms with E-state index in [1.54, 1.807) is 35.1 Å². The van der Waals surface area contributed by atoms with Gasteiger partial charge in [-0.05, 0) is 98.2 Å². The summed E-state index contributed by atoms with van der Waals surface area (Å²) in [6.45, 7) is 0.654. The normalized spacial score (nSPS) is 18.3. The number of allylic oxidation sites excluding steroid dienone is 1. The molecule has 2 aliphatic rings. The quantitative estimate of drug-likeness (QED) is 0.238. The van der Waals surface area contributed by atoms with Crippen LogP contribution in [0.1, 0.15) is 71.1 Å². The molecular formula is C31H27Cl2FN4O. The fraction of sp³-hybridized carbons (Fsp3) is 0.258. The van der Waals surface area contributed by atoms with Crippen molar-refractivity contribution in [3.05, 3.63) is 111 Å². The molecule has 4 aromatic rings. The average Bonchev–Trinajstić information content (AvgIpc) is 3.52. The second-order valence-electron chi connectivity index (χ2n) is 10.0. The number of carbonyl (C=O) groups excluding carboxylic acids is 1. The van der Waals surface area contributed by atoms with E-state index in [4.69, 9.17) is 28.3 Å². The van der Waals surface area contributed by atoms with E-state index in [-0.39, 0.29) is 17.8 Å². The van der Waals surface area contributed by atoms with Crippen LogP contribution in [-0.4, -0.2) is 32.1 Å². The molecule has 2 aromatic carbocycles. The van der Waals surface area contributed by atoms with Gasteiger partial charge in [-0.25, -0.2) is 9.07 Å². The monoisotopic (exact) mass is 560 g/mol. The van der Waals surface area contributed by atoms with Crippen LogP contribution >= 0.6 is 23.2 Å². The summed E-state index contributed by atoms with van der Waals surface area (Å²) in [4.78, 5) is 20.7. The van der Waals surface area contributed by atoms with Crippen molar-refractivity contribution in [1.29, 1.82) is 0 Å². The number of amides is 1. The lowest BCUT2D eigenvalue weighted by Gasteiger charge is -2.24. The van der Waals surface area contributed by atoms with Gasteiger partial charge in [-0.2, -0.15) is 5.10 Å². The van der Waals surface area contributed by atoms with Crippen molar-refractivity contribution in [2.75, 3.05) is 6.54 Å². The summed E-state index contributed by atoms with van der Waals surface area (Å²) in [6.07, 6.45) is 9.03. The minimum absolute atomic E-state index is 0.0846. The van der Waals surface area contributed by atoms with E-state index in [0.29, 0.717) is 28.0 Å². The molecule has 39 heavy (non-hydrogen) atoms. The zero-order valence-corrected chi connectivity index (χ0v) is 22.8. The van der Waals surface area contributed by atoms with Crippen LogP contribution in [0, 0.1) is 5.82 Å². The molecule has 3 heterocycles. The molecule has 1 unspecified atom stereocenters. The van der Waals surface area contributed by atoms with Gasteiger partial charge in [-0.15, -0.1) is 0 Å². The van der Waals surface area contributed by atoms with Crippen molar-refractivity contribution in [2.24, 2.45) is 0 Å². The third kappa shape index (κ3) is 5.11. The molecule has 6 rings (SSSR count). The Hall–Kier alpha value is -3.48. The molecule has 1 aliphatic heterocycles. The van der Waals surface area contributed by atoms with Crippen LogP contribution in [-0.2, 0) is 6.42 Å². The Bertz CT molecular complexity index is 1550. The lowest BCUT2D eigenvalue weighted by molar-refractivity contribution is 0.0725. The third-order valence-corrected chi connectivity index (χ3v) is 8.04. The molecule has 198 valence electrons. The summed E-state index contributed by atoms with van der Waals surface area (Å²) in [5, 5.41) is 5.92. The van der Waals surface area contributed by atoms with E-state index in [0.717, 1.165) is 66.6 Å². The van der Waals surface area contributed by atoms with Crippen LogP contribution in [0.15, 0.2) is 66.9 Å². The zero-order chi connectivity index (χ0) is 26.9. The van der Waals surface area contributed by atoms with Gasteiger partial charge in [-0.1, -0.05) is 41.4 Å².